The third-order valence-corrected chi connectivity index (χ3v) is 3.50. The minimum atomic E-state index is 0.113. The Balaban J connectivity index is 1.83. The molecule has 1 aromatic carbocycles. The first-order valence-electron chi connectivity index (χ1n) is 7.23. The smallest absolute Gasteiger partial charge is 0.224 e. The molecular formula is C16H18N6O2. The summed E-state index contributed by atoms with van der Waals surface area (Å²) in [6, 6.07) is 7.47. The van der Waals surface area contributed by atoms with E-state index in [1.165, 1.54) is 0 Å². The predicted molar refractivity (Wildman–Crippen MR) is 93.0 cm³/mol. The molecule has 3 rings (SSSR count). The van der Waals surface area contributed by atoms with Crippen LogP contribution in [0.1, 0.15) is 5.56 Å². The van der Waals surface area contributed by atoms with Crippen LogP contribution in [0.5, 0.6) is 11.5 Å². The number of pyridine rings is 1. The van der Waals surface area contributed by atoms with Crippen LogP contribution in [0.2, 0.25) is 0 Å². The van der Waals surface area contributed by atoms with Gasteiger partial charge < -0.3 is 26.3 Å². The van der Waals surface area contributed by atoms with Crippen LogP contribution < -0.4 is 26.3 Å². The van der Waals surface area contributed by atoms with Gasteiger partial charge in [-0.15, -0.1) is 0 Å². The SMILES string of the molecule is COc1cc(NCc2cnc3nc(N)nc(N)c3c2)cc(OC)c1. The second kappa shape index (κ2) is 6.45. The largest absolute Gasteiger partial charge is 0.497 e. The summed E-state index contributed by atoms with van der Waals surface area (Å²) in [7, 11) is 3.22. The van der Waals surface area contributed by atoms with Crippen molar-refractivity contribution in [3.05, 3.63) is 36.0 Å². The Hall–Kier alpha value is -3.29. The highest BCUT2D eigenvalue weighted by Crippen LogP contribution is 2.26. The highest BCUT2D eigenvalue weighted by atomic mass is 16.5. The van der Waals surface area contributed by atoms with Crippen molar-refractivity contribution in [3.8, 4) is 11.5 Å². The van der Waals surface area contributed by atoms with Gasteiger partial charge in [-0.2, -0.15) is 9.97 Å². The number of ether oxygens (including phenoxy) is 2. The van der Waals surface area contributed by atoms with E-state index in [1.807, 2.05) is 24.3 Å². The van der Waals surface area contributed by atoms with Gasteiger partial charge in [-0.05, 0) is 11.6 Å². The highest BCUT2D eigenvalue weighted by molar-refractivity contribution is 5.86. The van der Waals surface area contributed by atoms with Gasteiger partial charge in [0, 0.05) is 36.6 Å². The Kier molecular flexibility index (Phi) is 4.19. The molecule has 0 aliphatic rings. The van der Waals surface area contributed by atoms with E-state index < -0.39 is 0 Å². The molecule has 0 bridgehead atoms. The Morgan fingerprint density at radius 1 is 1.00 bits per heavy atom. The summed E-state index contributed by atoms with van der Waals surface area (Å²) in [5.74, 6) is 1.85. The predicted octanol–water partition coefficient (Wildman–Crippen LogP) is 1.82. The van der Waals surface area contributed by atoms with Crippen molar-refractivity contribution < 1.29 is 9.47 Å². The van der Waals surface area contributed by atoms with Gasteiger partial charge in [-0.3, -0.25) is 0 Å². The molecule has 2 heterocycles. The number of anilines is 3. The number of nitrogens with zero attached hydrogens (tertiary/aromatic N) is 3. The zero-order valence-corrected chi connectivity index (χ0v) is 13.4. The van der Waals surface area contributed by atoms with Gasteiger partial charge in [0.1, 0.15) is 17.3 Å². The first-order valence-corrected chi connectivity index (χ1v) is 7.23. The minimum Gasteiger partial charge on any atom is -0.497 e. The van der Waals surface area contributed by atoms with E-state index in [9.17, 15) is 0 Å². The van der Waals surface area contributed by atoms with Crippen molar-refractivity contribution in [2.45, 2.75) is 6.54 Å². The van der Waals surface area contributed by atoms with Gasteiger partial charge in [0.05, 0.1) is 19.6 Å². The van der Waals surface area contributed by atoms with Crippen LogP contribution in [0.3, 0.4) is 0 Å². The maximum atomic E-state index is 5.88. The van der Waals surface area contributed by atoms with E-state index in [1.54, 1.807) is 20.4 Å². The number of benzene rings is 1. The molecule has 0 radical (unpaired) electrons. The van der Waals surface area contributed by atoms with Gasteiger partial charge in [-0.1, -0.05) is 0 Å². The summed E-state index contributed by atoms with van der Waals surface area (Å²) in [6.07, 6.45) is 1.72. The number of hydrogen-bond donors (Lipinski definition) is 3. The molecule has 2 aromatic heterocycles. The lowest BCUT2D eigenvalue weighted by Gasteiger charge is -2.11. The van der Waals surface area contributed by atoms with Crippen molar-refractivity contribution in [1.29, 1.82) is 0 Å². The average Bonchev–Trinajstić information content (AvgIpc) is 2.59. The van der Waals surface area contributed by atoms with Crippen molar-refractivity contribution in [2.75, 3.05) is 31.0 Å². The van der Waals surface area contributed by atoms with Crippen molar-refractivity contribution >= 4 is 28.5 Å². The molecule has 0 saturated carbocycles. The normalized spacial score (nSPS) is 10.6. The second-order valence-electron chi connectivity index (χ2n) is 5.14. The number of fused-ring (bicyclic) bond motifs is 1. The summed E-state index contributed by atoms with van der Waals surface area (Å²) in [4.78, 5) is 12.3. The molecular weight excluding hydrogens is 308 g/mol. The number of nitrogens with one attached hydrogen (secondary N) is 1. The van der Waals surface area contributed by atoms with Crippen LogP contribution in [0.25, 0.3) is 11.0 Å². The maximum Gasteiger partial charge on any atom is 0.224 e. The van der Waals surface area contributed by atoms with Gasteiger partial charge >= 0.3 is 0 Å². The Labute approximate surface area is 138 Å². The molecule has 0 unspecified atom stereocenters. The lowest BCUT2D eigenvalue weighted by atomic mass is 10.2. The second-order valence-corrected chi connectivity index (χ2v) is 5.14. The van der Waals surface area contributed by atoms with E-state index in [4.69, 9.17) is 20.9 Å². The van der Waals surface area contributed by atoms with Crippen LogP contribution in [-0.2, 0) is 6.54 Å². The fourth-order valence-electron chi connectivity index (χ4n) is 2.31. The van der Waals surface area contributed by atoms with Crippen LogP contribution in [0.4, 0.5) is 17.5 Å². The average molecular weight is 326 g/mol. The molecule has 24 heavy (non-hydrogen) atoms. The fourth-order valence-corrected chi connectivity index (χ4v) is 2.31. The van der Waals surface area contributed by atoms with Crippen LogP contribution >= 0.6 is 0 Å². The first-order chi connectivity index (χ1) is 11.6. The molecule has 0 amide bonds. The first kappa shape index (κ1) is 15.6. The quantitative estimate of drug-likeness (QED) is 0.649. The van der Waals surface area contributed by atoms with Crippen molar-refractivity contribution in [2.24, 2.45) is 0 Å². The molecule has 5 N–H and O–H groups in total. The molecule has 8 heteroatoms. The lowest BCUT2D eigenvalue weighted by molar-refractivity contribution is 0.394. The third-order valence-electron chi connectivity index (χ3n) is 3.50. The fraction of sp³-hybridized carbons (Fsp3) is 0.188. The highest BCUT2D eigenvalue weighted by Gasteiger charge is 2.07. The zero-order valence-electron chi connectivity index (χ0n) is 13.4. The van der Waals surface area contributed by atoms with E-state index >= 15 is 0 Å². The number of rotatable bonds is 5. The molecule has 0 fully saturated rings. The number of nitrogens with two attached hydrogens (primary N) is 2. The Morgan fingerprint density at radius 2 is 1.71 bits per heavy atom. The van der Waals surface area contributed by atoms with E-state index in [0.717, 1.165) is 11.3 Å². The Morgan fingerprint density at radius 3 is 2.38 bits per heavy atom. The number of hydrogen-bond acceptors (Lipinski definition) is 8. The summed E-state index contributed by atoms with van der Waals surface area (Å²) >= 11 is 0. The summed E-state index contributed by atoms with van der Waals surface area (Å²) in [5.41, 5.74) is 13.7. The van der Waals surface area contributed by atoms with Crippen molar-refractivity contribution in [3.63, 3.8) is 0 Å². The third kappa shape index (κ3) is 3.22. The maximum absolute atomic E-state index is 5.88. The summed E-state index contributed by atoms with van der Waals surface area (Å²) in [6.45, 7) is 0.545. The van der Waals surface area contributed by atoms with Crippen LogP contribution in [-0.4, -0.2) is 29.2 Å². The molecule has 0 spiro atoms. The minimum absolute atomic E-state index is 0.113. The van der Waals surface area contributed by atoms with E-state index in [0.29, 0.717) is 34.9 Å². The van der Waals surface area contributed by atoms with Gasteiger partial charge in [-0.25, -0.2) is 4.98 Å². The van der Waals surface area contributed by atoms with Crippen LogP contribution in [0.15, 0.2) is 30.5 Å². The molecule has 0 atom stereocenters. The van der Waals surface area contributed by atoms with Crippen molar-refractivity contribution in [1.82, 2.24) is 15.0 Å². The number of aromatic nitrogens is 3. The molecule has 124 valence electrons. The molecule has 8 nitrogen and oxygen atoms in total. The van der Waals surface area contributed by atoms with Gasteiger partial charge in [0.15, 0.2) is 5.65 Å². The number of nitrogen functional groups attached to an aromatic ring is 2. The van der Waals surface area contributed by atoms with Gasteiger partial charge in [0.2, 0.25) is 5.95 Å². The monoisotopic (exact) mass is 326 g/mol. The van der Waals surface area contributed by atoms with Crippen LogP contribution in [0, 0.1) is 0 Å². The van der Waals surface area contributed by atoms with E-state index in [-0.39, 0.29) is 5.95 Å². The topological polar surface area (TPSA) is 121 Å². The molecule has 0 aliphatic carbocycles. The molecule has 3 aromatic rings. The standard InChI is InChI=1S/C16H18N6O2/c1-23-11-4-10(5-12(6-11)24-2)19-7-9-3-13-14(17)21-16(18)22-15(13)20-8-9/h3-6,8,19H,7H2,1-2H3,(H4,17,18,20,21,22). The number of methoxy groups -OCH3 is 2. The van der Waals surface area contributed by atoms with E-state index in [2.05, 4.69) is 20.3 Å². The molecule has 0 saturated heterocycles. The zero-order chi connectivity index (χ0) is 17.1. The Bertz CT molecular complexity index is 862. The summed E-state index contributed by atoms with van der Waals surface area (Å²) < 4.78 is 10.5. The molecule has 0 aliphatic heterocycles. The summed E-state index contributed by atoms with van der Waals surface area (Å²) in [5, 5.41) is 3.97. The van der Waals surface area contributed by atoms with Gasteiger partial charge in [0.25, 0.3) is 0 Å². The lowest BCUT2D eigenvalue weighted by Crippen LogP contribution is -2.04.